The van der Waals surface area contributed by atoms with E-state index in [9.17, 15) is 18.8 Å². The summed E-state index contributed by atoms with van der Waals surface area (Å²) in [5, 5.41) is 5.59. The summed E-state index contributed by atoms with van der Waals surface area (Å²) in [4.78, 5) is 40.1. The fourth-order valence-electron chi connectivity index (χ4n) is 4.29. The van der Waals surface area contributed by atoms with Crippen molar-refractivity contribution in [2.45, 2.75) is 51.7 Å². The summed E-state index contributed by atoms with van der Waals surface area (Å²) in [5.74, 6) is -1.48. The first-order valence-corrected chi connectivity index (χ1v) is 12.2. The van der Waals surface area contributed by atoms with Crippen molar-refractivity contribution in [3.8, 4) is 0 Å². The van der Waals surface area contributed by atoms with Crippen LogP contribution < -0.4 is 16.4 Å². The Kier molecular flexibility index (Phi) is 9.37. The van der Waals surface area contributed by atoms with Crippen LogP contribution in [0.5, 0.6) is 0 Å². The molecule has 8 heteroatoms. The first-order valence-electron chi connectivity index (χ1n) is 12.2. The van der Waals surface area contributed by atoms with Crippen molar-refractivity contribution < 1.29 is 18.8 Å². The molecule has 0 aliphatic carbocycles. The van der Waals surface area contributed by atoms with Gasteiger partial charge in [-0.1, -0.05) is 62.4 Å². The molecular formula is C27H35FN4O3. The van der Waals surface area contributed by atoms with Crippen LogP contribution in [0.3, 0.4) is 0 Å². The lowest BCUT2D eigenvalue weighted by Gasteiger charge is -2.34. The molecule has 0 unspecified atom stereocenters. The van der Waals surface area contributed by atoms with E-state index in [2.05, 4.69) is 10.6 Å². The fourth-order valence-corrected chi connectivity index (χ4v) is 4.29. The summed E-state index contributed by atoms with van der Waals surface area (Å²) in [6.45, 7) is 4.65. The monoisotopic (exact) mass is 482 g/mol. The Morgan fingerprint density at radius 3 is 2.29 bits per heavy atom. The number of halogens is 1. The number of hydrogen-bond donors (Lipinski definition) is 3. The molecule has 2 aromatic carbocycles. The van der Waals surface area contributed by atoms with E-state index in [0.717, 1.165) is 5.56 Å². The predicted octanol–water partition coefficient (Wildman–Crippen LogP) is 2.39. The smallest absolute Gasteiger partial charge is 0.243 e. The highest BCUT2D eigenvalue weighted by molar-refractivity contribution is 5.89. The third-order valence-corrected chi connectivity index (χ3v) is 6.45. The van der Waals surface area contributed by atoms with E-state index < -0.39 is 12.1 Å². The molecule has 2 atom stereocenters. The van der Waals surface area contributed by atoms with Crippen LogP contribution in [-0.4, -0.2) is 47.8 Å². The molecule has 0 radical (unpaired) electrons. The number of nitrogens with one attached hydrogen (secondary N) is 2. The van der Waals surface area contributed by atoms with Gasteiger partial charge < -0.3 is 21.3 Å². The van der Waals surface area contributed by atoms with E-state index in [1.807, 2.05) is 44.2 Å². The van der Waals surface area contributed by atoms with Crippen molar-refractivity contribution >= 4 is 17.7 Å². The van der Waals surface area contributed by atoms with Crippen molar-refractivity contribution in [2.24, 2.45) is 17.6 Å². The second kappa shape index (κ2) is 12.4. The average Bonchev–Trinajstić information content (AvgIpc) is 2.86. The van der Waals surface area contributed by atoms with Crippen LogP contribution in [-0.2, 0) is 27.3 Å². The van der Waals surface area contributed by atoms with Crippen LogP contribution in [0.4, 0.5) is 4.39 Å². The SMILES string of the molecule is CC(C)[C@@H](NC(=O)C1CCN(C(=O)[C@H](N)Cc2ccccc2)CC1)C(=O)NCc1ccccc1F. The largest absolute Gasteiger partial charge is 0.350 e. The minimum absolute atomic E-state index is 0.0499. The van der Waals surface area contributed by atoms with Crippen LogP contribution in [0.2, 0.25) is 0 Å². The standard InChI is InChI=1S/C27H35FN4O3/c1-18(2)24(26(34)30-17-21-10-6-7-11-22(21)28)31-25(33)20-12-14-32(15-13-20)27(35)23(29)16-19-8-4-3-5-9-19/h3-11,18,20,23-24H,12-17,29H2,1-2H3,(H,30,34)(H,31,33)/t23-,24-/m1/s1. The second-order valence-corrected chi connectivity index (χ2v) is 9.44. The molecule has 4 N–H and O–H groups in total. The molecule has 3 amide bonds. The molecule has 0 saturated carbocycles. The number of carbonyl (C=O) groups excluding carboxylic acids is 3. The molecular weight excluding hydrogens is 447 g/mol. The average molecular weight is 483 g/mol. The predicted molar refractivity (Wildman–Crippen MR) is 132 cm³/mol. The Labute approximate surface area is 206 Å². The second-order valence-electron chi connectivity index (χ2n) is 9.44. The van der Waals surface area contributed by atoms with E-state index in [1.54, 1.807) is 23.1 Å². The summed E-state index contributed by atoms with van der Waals surface area (Å²) in [6.07, 6.45) is 1.49. The Morgan fingerprint density at radius 1 is 1.03 bits per heavy atom. The highest BCUT2D eigenvalue weighted by atomic mass is 19.1. The van der Waals surface area contributed by atoms with Gasteiger partial charge in [-0.2, -0.15) is 0 Å². The van der Waals surface area contributed by atoms with E-state index in [0.29, 0.717) is 37.9 Å². The lowest BCUT2D eigenvalue weighted by atomic mass is 9.93. The maximum atomic E-state index is 13.8. The molecule has 7 nitrogen and oxygen atoms in total. The number of rotatable bonds is 9. The molecule has 0 bridgehead atoms. The molecule has 1 aliphatic heterocycles. The van der Waals surface area contributed by atoms with Crippen molar-refractivity contribution in [2.75, 3.05) is 13.1 Å². The highest BCUT2D eigenvalue weighted by Crippen LogP contribution is 2.19. The number of amides is 3. The van der Waals surface area contributed by atoms with Gasteiger partial charge in [0.15, 0.2) is 0 Å². The molecule has 3 rings (SSSR count). The Morgan fingerprint density at radius 2 is 1.66 bits per heavy atom. The van der Waals surface area contributed by atoms with Crippen molar-refractivity contribution in [1.82, 2.24) is 15.5 Å². The van der Waals surface area contributed by atoms with Gasteiger partial charge in [-0.15, -0.1) is 0 Å². The van der Waals surface area contributed by atoms with Crippen molar-refractivity contribution in [3.05, 3.63) is 71.5 Å². The summed E-state index contributed by atoms with van der Waals surface area (Å²) in [7, 11) is 0. The molecule has 1 fully saturated rings. The Balaban J connectivity index is 1.48. The first-order chi connectivity index (χ1) is 16.8. The quantitative estimate of drug-likeness (QED) is 0.510. The molecule has 35 heavy (non-hydrogen) atoms. The van der Waals surface area contributed by atoms with Crippen LogP contribution in [0, 0.1) is 17.7 Å². The van der Waals surface area contributed by atoms with Gasteiger partial charge in [0.2, 0.25) is 17.7 Å². The number of piperidine rings is 1. The number of benzene rings is 2. The Bertz CT molecular complexity index is 1010. The number of nitrogens with zero attached hydrogens (tertiary/aromatic N) is 1. The molecule has 1 heterocycles. The summed E-state index contributed by atoms with van der Waals surface area (Å²) < 4.78 is 13.8. The summed E-state index contributed by atoms with van der Waals surface area (Å²) in [6, 6.07) is 14.5. The summed E-state index contributed by atoms with van der Waals surface area (Å²) >= 11 is 0. The number of carbonyl (C=O) groups is 3. The third-order valence-electron chi connectivity index (χ3n) is 6.45. The number of likely N-dealkylation sites (tertiary alicyclic amines) is 1. The van der Waals surface area contributed by atoms with E-state index in [4.69, 9.17) is 5.73 Å². The van der Waals surface area contributed by atoms with Gasteiger partial charge in [-0.05, 0) is 36.8 Å². The lowest BCUT2D eigenvalue weighted by molar-refractivity contribution is -0.137. The zero-order valence-electron chi connectivity index (χ0n) is 20.4. The van der Waals surface area contributed by atoms with Gasteiger partial charge in [0.25, 0.3) is 0 Å². The molecule has 0 aromatic heterocycles. The van der Waals surface area contributed by atoms with Crippen molar-refractivity contribution in [1.29, 1.82) is 0 Å². The summed E-state index contributed by atoms with van der Waals surface area (Å²) in [5.41, 5.74) is 7.54. The third kappa shape index (κ3) is 7.36. The number of hydrogen-bond acceptors (Lipinski definition) is 4. The van der Waals surface area contributed by atoms with Gasteiger partial charge in [-0.25, -0.2) is 4.39 Å². The Hall–Kier alpha value is -3.26. The normalized spacial score (nSPS) is 16.0. The molecule has 0 spiro atoms. The highest BCUT2D eigenvalue weighted by Gasteiger charge is 2.32. The zero-order valence-corrected chi connectivity index (χ0v) is 20.4. The van der Waals surface area contributed by atoms with E-state index in [-0.39, 0.29) is 41.9 Å². The van der Waals surface area contributed by atoms with Crippen LogP contribution >= 0.6 is 0 Å². The fraction of sp³-hybridized carbons (Fsp3) is 0.444. The molecule has 188 valence electrons. The van der Waals surface area contributed by atoms with E-state index in [1.165, 1.54) is 6.07 Å². The molecule has 1 saturated heterocycles. The lowest BCUT2D eigenvalue weighted by Crippen LogP contribution is -2.53. The van der Waals surface area contributed by atoms with Gasteiger partial charge in [0.05, 0.1) is 6.04 Å². The van der Waals surface area contributed by atoms with Crippen LogP contribution in [0.15, 0.2) is 54.6 Å². The van der Waals surface area contributed by atoms with Gasteiger partial charge in [-0.3, -0.25) is 14.4 Å². The van der Waals surface area contributed by atoms with Gasteiger partial charge in [0.1, 0.15) is 11.9 Å². The number of nitrogens with two attached hydrogens (primary N) is 1. The minimum Gasteiger partial charge on any atom is -0.350 e. The zero-order chi connectivity index (χ0) is 25.4. The van der Waals surface area contributed by atoms with Gasteiger partial charge >= 0.3 is 0 Å². The van der Waals surface area contributed by atoms with E-state index >= 15 is 0 Å². The maximum Gasteiger partial charge on any atom is 0.243 e. The maximum absolute atomic E-state index is 13.8. The van der Waals surface area contributed by atoms with Crippen LogP contribution in [0.25, 0.3) is 0 Å². The molecule has 1 aliphatic rings. The minimum atomic E-state index is -0.728. The van der Waals surface area contributed by atoms with Gasteiger partial charge in [0, 0.05) is 31.1 Å². The van der Waals surface area contributed by atoms with Crippen LogP contribution in [0.1, 0.15) is 37.8 Å². The van der Waals surface area contributed by atoms with Crippen molar-refractivity contribution in [3.63, 3.8) is 0 Å². The molecule has 2 aromatic rings. The first kappa shape index (κ1) is 26.3. The topological polar surface area (TPSA) is 105 Å².